The maximum Gasteiger partial charge on any atom is 0.154 e. The minimum Gasteiger partial charge on any atom is -0.390 e. The van der Waals surface area contributed by atoms with Crippen LogP contribution in [-0.4, -0.2) is 65.9 Å². The van der Waals surface area contributed by atoms with Gasteiger partial charge in [0.15, 0.2) is 9.84 Å². The van der Waals surface area contributed by atoms with Crippen molar-refractivity contribution in [2.45, 2.75) is 30.6 Å². The molecule has 2 atom stereocenters. The van der Waals surface area contributed by atoms with Crippen molar-refractivity contribution in [1.29, 1.82) is 0 Å². The minimum absolute atomic E-state index is 0.0366. The molecule has 5 nitrogen and oxygen atoms in total. The summed E-state index contributed by atoms with van der Waals surface area (Å²) in [5, 5.41) is 19.8. The first-order valence-corrected chi connectivity index (χ1v) is 7.57. The molecule has 2 saturated heterocycles. The number of nitrogens with zero attached hydrogens (tertiary/aromatic N) is 1. The summed E-state index contributed by atoms with van der Waals surface area (Å²) >= 11 is 0. The summed E-state index contributed by atoms with van der Waals surface area (Å²) in [6.07, 6.45) is 1.37. The van der Waals surface area contributed by atoms with Gasteiger partial charge in [0.25, 0.3) is 0 Å². The normalized spacial score (nSPS) is 41.9. The first-order chi connectivity index (χ1) is 7.40. The van der Waals surface area contributed by atoms with Gasteiger partial charge in [0.05, 0.1) is 29.3 Å². The Kier molecular flexibility index (Phi) is 2.18. The quantitative estimate of drug-likeness (QED) is 0.627. The number of aliphatic hydroxyl groups is 2. The van der Waals surface area contributed by atoms with E-state index in [-0.39, 0.29) is 17.5 Å². The summed E-state index contributed by atoms with van der Waals surface area (Å²) < 4.78 is 22.7. The maximum atomic E-state index is 11.4. The van der Waals surface area contributed by atoms with Gasteiger partial charge in [-0.15, -0.1) is 0 Å². The van der Waals surface area contributed by atoms with Crippen molar-refractivity contribution in [3.63, 3.8) is 0 Å². The largest absolute Gasteiger partial charge is 0.390 e. The lowest BCUT2D eigenvalue weighted by Crippen LogP contribution is -2.67. The van der Waals surface area contributed by atoms with Crippen LogP contribution in [0.2, 0.25) is 0 Å². The molecule has 0 aromatic heterocycles. The fraction of sp³-hybridized carbons (Fsp3) is 1.00. The number of likely N-dealkylation sites (tertiary alicyclic amines) is 1. The van der Waals surface area contributed by atoms with Crippen LogP contribution in [0.1, 0.15) is 12.8 Å². The molecular weight excluding hydrogens is 230 g/mol. The number of aliphatic hydroxyl groups excluding tert-OH is 1. The second-order valence-electron chi connectivity index (χ2n) is 5.49. The lowest BCUT2D eigenvalue weighted by molar-refractivity contribution is -0.137. The SMILES string of the molecule is O=S1(=O)CC(O)C(N2CC(O)(C3CC3)C2)C1. The Bertz CT molecular complexity index is 397. The standard InChI is InChI=1S/C10H17NO4S/c12-9-4-16(14,15)3-8(9)11-5-10(13,6-11)7-1-2-7/h7-9,12-13H,1-6H2. The summed E-state index contributed by atoms with van der Waals surface area (Å²) in [6.45, 7) is 1.05. The summed E-state index contributed by atoms with van der Waals surface area (Å²) in [6, 6.07) is -0.302. The first kappa shape index (κ1) is 11.0. The summed E-state index contributed by atoms with van der Waals surface area (Å²) in [5.41, 5.74) is -0.605. The van der Waals surface area contributed by atoms with Gasteiger partial charge in [0, 0.05) is 13.1 Å². The van der Waals surface area contributed by atoms with Gasteiger partial charge >= 0.3 is 0 Å². The maximum absolute atomic E-state index is 11.4. The lowest BCUT2D eigenvalue weighted by Gasteiger charge is -2.50. The van der Waals surface area contributed by atoms with E-state index >= 15 is 0 Å². The van der Waals surface area contributed by atoms with E-state index in [9.17, 15) is 18.6 Å². The van der Waals surface area contributed by atoms with Gasteiger partial charge in [-0.05, 0) is 18.8 Å². The number of sulfone groups is 1. The van der Waals surface area contributed by atoms with E-state index in [1.165, 1.54) is 0 Å². The van der Waals surface area contributed by atoms with E-state index in [2.05, 4.69) is 0 Å². The molecule has 0 spiro atoms. The molecule has 0 amide bonds. The predicted molar refractivity (Wildman–Crippen MR) is 57.7 cm³/mol. The van der Waals surface area contributed by atoms with Crippen LogP contribution >= 0.6 is 0 Å². The van der Waals surface area contributed by atoms with Crippen molar-refractivity contribution < 1.29 is 18.6 Å². The molecule has 6 heteroatoms. The van der Waals surface area contributed by atoms with E-state index in [0.29, 0.717) is 19.0 Å². The number of β-amino-alcohol motifs (C(OH)–C–C–N with tert-alkyl or cyclic N) is 1. The monoisotopic (exact) mass is 247 g/mol. The van der Waals surface area contributed by atoms with Gasteiger partial charge in [-0.3, -0.25) is 4.90 Å². The molecule has 0 aromatic carbocycles. The van der Waals surface area contributed by atoms with Gasteiger partial charge < -0.3 is 10.2 Å². The zero-order valence-corrected chi connectivity index (χ0v) is 9.86. The van der Waals surface area contributed by atoms with E-state index in [1.54, 1.807) is 0 Å². The molecule has 1 aliphatic carbocycles. The average molecular weight is 247 g/mol. The van der Waals surface area contributed by atoms with Crippen LogP contribution in [0.4, 0.5) is 0 Å². The van der Waals surface area contributed by atoms with Crippen molar-refractivity contribution >= 4 is 9.84 Å². The molecule has 2 aliphatic heterocycles. The zero-order valence-electron chi connectivity index (χ0n) is 9.04. The van der Waals surface area contributed by atoms with Gasteiger partial charge in [0.1, 0.15) is 0 Å². The lowest BCUT2D eigenvalue weighted by atomic mass is 9.87. The zero-order chi connectivity index (χ0) is 11.6. The summed E-state index contributed by atoms with van der Waals surface area (Å²) in [4.78, 5) is 1.91. The fourth-order valence-electron chi connectivity index (χ4n) is 2.93. The molecular formula is C10H17NO4S. The van der Waals surface area contributed by atoms with E-state index in [1.807, 2.05) is 4.90 Å². The number of hydrogen-bond donors (Lipinski definition) is 2. The highest BCUT2D eigenvalue weighted by molar-refractivity contribution is 7.91. The van der Waals surface area contributed by atoms with Crippen LogP contribution < -0.4 is 0 Å². The van der Waals surface area contributed by atoms with Crippen LogP contribution in [0.5, 0.6) is 0 Å². The molecule has 3 rings (SSSR count). The molecule has 2 N–H and O–H groups in total. The highest BCUT2D eigenvalue weighted by atomic mass is 32.2. The minimum atomic E-state index is -3.08. The van der Waals surface area contributed by atoms with Crippen molar-refractivity contribution in [2.24, 2.45) is 5.92 Å². The van der Waals surface area contributed by atoms with Crippen LogP contribution in [-0.2, 0) is 9.84 Å². The molecule has 16 heavy (non-hydrogen) atoms. The Labute approximate surface area is 95.0 Å². The number of rotatable bonds is 2. The Hall–Kier alpha value is -0.170. The van der Waals surface area contributed by atoms with Gasteiger partial charge in [-0.2, -0.15) is 0 Å². The molecule has 3 aliphatic rings. The van der Waals surface area contributed by atoms with E-state index < -0.39 is 21.5 Å². The third kappa shape index (κ3) is 1.68. The van der Waals surface area contributed by atoms with Crippen molar-refractivity contribution in [3.8, 4) is 0 Å². The molecule has 0 aromatic rings. The highest BCUT2D eigenvalue weighted by Gasteiger charge is 2.55. The van der Waals surface area contributed by atoms with Gasteiger partial charge in [-0.1, -0.05) is 0 Å². The Balaban J connectivity index is 1.64. The molecule has 0 radical (unpaired) electrons. The van der Waals surface area contributed by atoms with Crippen molar-refractivity contribution in [3.05, 3.63) is 0 Å². The highest BCUT2D eigenvalue weighted by Crippen LogP contribution is 2.45. The molecule has 2 unspecified atom stereocenters. The summed E-state index contributed by atoms with van der Waals surface area (Å²) in [7, 11) is -3.08. The molecule has 1 saturated carbocycles. The molecule has 0 bridgehead atoms. The van der Waals surface area contributed by atoms with Crippen molar-refractivity contribution in [2.75, 3.05) is 24.6 Å². The van der Waals surface area contributed by atoms with Crippen LogP contribution in [0.25, 0.3) is 0 Å². The van der Waals surface area contributed by atoms with Crippen LogP contribution in [0, 0.1) is 5.92 Å². The molecule has 3 fully saturated rings. The van der Waals surface area contributed by atoms with Crippen LogP contribution in [0.3, 0.4) is 0 Å². The van der Waals surface area contributed by atoms with Gasteiger partial charge in [-0.25, -0.2) is 8.42 Å². The van der Waals surface area contributed by atoms with Gasteiger partial charge in [0.2, 0.25) is 0 Å². The topological polar surface area (TPSA) is 77.8 Å². The van der Waals surface area contributed by atoms with E-state index in [0.717, 1.165) is 12.8 Å². The Morgan fingerprint density at radius 1 is 1.19 bits per heavy atom. The Morgan fingerprint density at radius 3 is 2.25 bits per heavy atom. The summed E-state index contributed by atoms with van der Waals surface area (Å²) in [5.74, 6) is 0.309. The van der Waals surface area contributed by atoms with E-state index in [4.69, 9.17) is 0 Å². The fourth-order valence-corrected chi connectivity index (χ4v) is 4.76. The smallest absolute Gasteiger partial charge is 0.154 e. The second-order valence-corrected chi connectivity index (χ2v) is 7.65. The number of hydrogen-bond acceptors (Lipinski definition) is 5. The van der Waals surface area contributed by atoms with Crippen molar-refractivity contribution in [1.82, 2.24) is 4.90 Å². The second kappa shape index (κ2) is 3.19. The molecule has 2 heterocycles. The third-order valence-electron chi connectivity index (χ3n) is 4.05. The molecule has 92 valence electrons. The first-order valence-electron chi connectivity index (χ1n) is 5.75. The third-order valence-corrected chi connectivity index (χ3v) is 5.75. The van der Waals surface area contributed by atoms with Crippen LogP contribution in [0.15, 0.2) is 0 Å². The Morgan fingerprint density at radius 2 is 1.81 bits per heavy atom. The predicted octanol–water partition coefficient (Wildman–Crippen LogP) is -1.40. The average Bonchev–Trinajstić information content (AvgIpc) is 2.88.